The Morgan fingerprint density at radius 3 is 2.83 bits per heavy atom. The van der Waals surface area contributed by atoms with Gasteiger partial charge >= 0.3 is 0 Å². The first-order valence-electron chi connectivity index (χ1n) is 10.8. The predicted molar refractivity (Wildman–Crippen MR) is 113 cm³/mol. The molecular weight excluding hydrogens is 366 g/mol. The van der Waals surface area contributed by atoms with Gasteiger partial charge in [-0.1, -0.05) is 0 Å². The van der Waals surface area contributed by atoms with Gasteiger partial charge in [0.25, 0.3) is 0 Å². The van der Waals surface area contributed by atoms with Crippen molar-refractivity contribution in [1.29, 1.82) is 0 Å². The van der Waals surface area contributed by atoms with Crippen LogP contribution in [0.25, 0.3) is 0 Å². The first-order valence-corrected chi connectivity index (χ1v) is 10.8. The maximum Gasteiger partial charge on any atom is 0.227 e. The minimum atomic E-state index is 0.350. The van der Waals surface area contributed by atoms with E-state index in [-0.39, 0.29) is 0 Å². The van der Waals surface area contributed by atoms with Gasteiger partial charge in [0.1, 0.15) is 17.5 Å². The normalized spacial score (nSPS) is 21.9. The highest BCUT2D eigenvalue weighted by atomic mass is 16.5. The summed E-state index contributed by atoms with van der Waals surface area (Å²) >= 11 is 0. The maximum atomic E-state index is 5.44. The number of aromatic nitrogens is 4. The molecule has 8 nitrogen and oxygen atoms in total. The molecule has 8 heteroatoms. The van der Waals surface area contributed by atoms with Crippen molar-refractivity contribution in [3.05, 3.63) is 29.3 Å². The number of nitrogens with one attached hydrogen (secondary N) is 1. The molecule has 2 aliphatic heterocycles. The number of morpholine rings is 1. The number of piperidine rings is 1. The van der Waals surface area contributed by atoms with Gasteiger partial charge in [-0.15, -0.1) is 0 Å². The van der Waals surface area contributed by atoms with E-state index in [2.05, 4.69) is 25.1 Å². The SMILES string of the molecule is Cc1nc2c(c(N3CCCC(Nc4ccnc(N5CCOCC5)n4)C3)n1)CCC2. The number of fused-ring (bicyclic) bond motifs is 1. The predicted octanol–water partition coefficient (Wildman–Crippen LogP) is 1.98. The van der Waals surface area contributed by atoms with E-state index in [4.69, 9.17) is 14.7 Å². The van der Waals surface area contributed by atoms with Crippen LogP contribution < -0.4 is 15.1 Å². The lowest BCUT2D eigenvalue weighted by atomic mass is 10.0. The number of anilines is 3. The van der Waals surface area contributed by atoms with Gasteiger partial charge in [-0.25, -0.2) is 15.0 Å². The summed E-state index contributed by atoms with van der Waals surface area (Å²) in [6.07, 6.45) is 7.53. The van der Waals surface area contributed by atoms with E-state index in [1.54, 1.807) is 0 Å². The van der Waals surface area contributed by atoms with Gasteiger partial charge in [0.05, 0.1) is 13.2 Å². The molecule has 2 saturated heterocycles. The number of hydrogen-bond donors (Lipinski definition) is 1. The third-order valence-corrected chi connectivity index (χ3v) is 6.03. The molecule has 5 rings (SSSR count). The average Bonchev–Trinajstić information content (AvgIpc) is 3.22. The zero-order valence-corrected chi connectivity index (χ0v) is 17.1. The lowest BCUT2D eigenvalue weighted by molar-refractivity contribution is 0.122. The number of ether oxygens (including phenoxy) is 1. The minimum absolute atomic E-state index is 0.350. The van der Waals surface area contributed by atoms with E-state index in [0.717, 1.165) is 88.5 Å². The van der Waals surface area contributed by atoms with Crippen LogP contribution in [0.4, 0.5) is 17.6 Å². The second-order valence-corrected chi connectivity index (χ2v) is 8.14. The quantitative estimate of drug-likeness (QED) is 0.842. The van der Waals surface area contributed by atoms with Crippen LogP contribution >= 0.6 is 0 Å². The lowest BCUT2D eigenvalue weighted by Gasteiger charge is -2.35. The summed E-state index contributed by atoms with van der Waals surface area (Å²) in [6.45, 7) is 7.18. The molecule has 0 radical (unpaired) electrons. The molecule has 0 spiro atoms. The summed E-state index contributed by atoms with van der Waals surface area (Å²) in [5.74, 6) is 3.74. The van der Waals surface area contributed by atoms with Crippen molar-refractivity contribution >= 4 is 17.6 Å². The molecule has 1 aliphatic carbocycles. The van der Waals surface area contributed by atoms with E-state index in [1.807, 2.05) is 19.2 Å². The van der Waals surface area contributed by atoms with Crippen LogP contribution in [0, 0.1) is 6.92 Å². The Kier molecular flexibility index (Phi) is 5.18. The van der Waals surface area contributed by atoms with E-state index < -0.39 is 0 Å². The Bertz CT molecular complexity index is 868. The van der Waals surface area contributed by atoms with Gasteiger partial charge in [-0.2, -0.15) is 4.98 Å². The fourth-order valence-electron chi connectivity index (χ4n) is 4.64. The highest BCUT2D eigenvalue weighted by Crippen LogP contribution is 2.30. The fraction of sp³-hybridized carbons (Fsp3) is 0.619. The van der Waals surface area contributed by atoms with Gasteiger partial charge in [-0.3, -0.25) is 0 Å². The maximum absolute atomic E-state index is 5.44. The molecule has 0 amide bonds. The van der Waals surface area contributed by atoms with Crippen LogP contribution in [-0.2, 0) is 17.6 Å². The summed E-state index contributed by atoms with van der Waals surface area (Å²) in [5.41, 5.74) is 2.63. The zero-order valence-electron chi connectivity index (χ0n) is 17.1. The average molecular weight is 396 g/mol. The second-order valence-electron chi connectivity index (χ2n) is 8.14. The van der Waals surface area contributed by atoms with Crippen molar-refractivity contribution in [2.45, 2.75) is 45.1 Å². The van der Waals surface area contributed by atoms with E-state index in [9.17, 15) is 0 Å². The summed E-state index contributed by atoms with van der Waals surface area (Å²) in [5, 5.41) is 3.65. The van der Waals surface area contributed by atoms with E-state index >= 15 is 0 Å². The Morgan fingerprint density at radius 2 is 1.93 bits per heavy atom. The van der Waals surface area contributed by atoms with Crippen LogP contribution in [0.1, 0.15) is 36.3 Å². The zero-order chi connectivity index (χ0) is 19.6. The number of nitrogens with zero attached hydrogens (tertiary/aromatic N) is 6. The Hall–Kier alpha value is -2.48. The summed E-state index contributed by atoms with van der Waals surface area (Å²) < 4.78 is 5.44. The van der Waals surface area contributed by atoms with Crippen LogP contribution in [-0.4, -0.2) is 65.4 Å². The second kappa shape index (κ2) is 8.10. The van der Waals surface area contributed by atoms with Gasteiger partial charge in [-0.05, 0) is 45.1 Å². The molecule has 29 heavy (non-hydrogen) atoms. The van der Waals surface area contributed by atoms with Crippen molar-refractivity contribution in [3.8, 4) is 0 Å². The third kappa shape index (κ3) is 3.99. The highest BCUT2D eigenvalue weighted by molar-refractivity contribution is 5.52. The molecule has 0 aromatic carbocycles. The molecule has 2 fully saturated rings. The first-order chi connectivity index (χ1) is 14.3. The van der Waals surface area contributed by atoms with Crippen LogP contribution in [0.15, 0.2) is 12.3 Å². The van der Waals surface area contributed by atoms with Crippen molar-refractivity contribution in [2.24, 2.45) is 0 Å². The van der Waals surface area contributed by atoms with Crippen LogP contribution in [0.2, 0.25) is 0 Å². The Balaban J connectivity index is 1.30. The largest absolute Gasteiger partial charge is 0.378 e. The molecule has 0 saturated carbocycles. The molecule has 2 aromatic heterocycles. The smallest absolute Gasteiger partial charge is 0.227 e. The summed E-state index contributed by atoms with van der Waals surface area (Å²) in [7, 11) is 0. The lowest BCUT2D eigenvalue weighted by Crippen LogP contribution is -2.43. The molecule has 1 unspecified atom stereocenters. The van der Waals surface area contributed by atoms with Gasteiger partial charge in [0, 0.05) is 49.7 Å². The van der Waals surface area contributed by atoms with E-state index in [1.165, 1.54) is 17.7 Å². The number of rotatable bonds is 4. The van der Waals surface area contributed by atoms with Crippen molar-refractivity contribution in [3.63, 3.8) is 0 Å². The van der Waals surface area contributed by atoms with E-state index in [0.29, 0.717) is 6.04 Å². The molecule has 2 aromatic rings. The van der Waals surface area contributed by atoms with Crippen molar-refractivity contribution in [1.82, 2.24) is 19.9 Å². The van der Waals surface area contributed by atoms with Crippen LogP contribution in [0.5, 0.6) is 0 Å². The van der Waals surface area contributed by atoms with Gasteiger partial charge in [0.2, 0.25) is 5.95 Å². The minimum Gasteiger partial charge on any atom is -0.378 e. The fourth-order valence-corrected chi connectivity index (χ4v) is 4.64. The Morgan fingerprint density at radius 1 is 1.03 bits per heavy atom. The summed E-state index contributed by atoms with van der Waals surface area (Å²) in [6, 6.07) is 2.32. The van der Waals surface area contributed by atoms with Crippen LogP contribution in [0.3, 0.4) is 0 Å². The molecule has 1 atom stereocenters. The van der Waals surface area contributed by atoms with Gasteiger partial charge < -0.3 is 19.9 Å². The molecule has 0 bridgehead atoms. The Labute approximate surface area is 171 Å². The molecular formula is C21H29N7O. The standard InChI is InChI=1S/C21H29N7O/c1-15-23-18-6-2-5-17(18)20(24-15)28-9-3-4-16(14-28)25-19-7-8-22-21(26-19)27-10-12-29-13-11-27/h7-8,16H,2-6,9-14H2,1H3,(H,22,25,26). The molecule has 4 heterocycles. The van der Waals surface area contributed by atoms with Gasteiger partial charge in [0.15, 0.2) is 0 Å². The highest BCUT2D eigenvalue weighted by Gasteiger charge is 2.27. The molecule has 1 N–H and O–H groups in total. The van der Waals surface area contributed by atoms with Crippen molar-refractivity contribution in [2.75, 3.05) is 54.5 Å². The number of hydrogen-bond acceptors (Lipinski definition) is 8. The molecule has 3 aliphatic rings. The monoisotopic (exact) mass is 395 g/mol. The molecule has 154 valence electrons. The summed E-state index contributed by atoms with van der Waals surface area (Å²) in [4.78, 5) is 23.4. The first kappa shape index (κ1) is 18.5. The third-order valence-electron chi connectivity index (χ3n) is 6.03. The number of aryl methyl sites for hydroxylation is 2. The van der Waals surface area contributed by atoms with Crippen molar-refractivity contribution < 1.29 is 4.74 Å². The topological polar surface area (TPSA) is 79.3 Å².